The van der Waals surface area contributed by atoms with Crippen molar-refractivity contribution in [1.82, 2.24) is 9.97 Å². The van der Waals surface area contributed by atoms with Gasteiger partial charge in [-0.2, -0.15) is 0 Å². The number of nitrogens with one attached hydrogen (secondary N) is 1. The fraction of sp³-hybridized carbons (Fsp3) is 0.556. The summed E-state index contributed by atoms with van der Waals surface area (Å²) in [5.74, 6) is 0.839. The highest BCUT2D eigenvalue weighted by atomic mass is 35.5. The first-order valence-electron chi connectivity index (χ1n) is 4.39. The standard InChI is InChI=1S/C9H14ClN3/c1-3-8(10)5-11-9-4-7(2)12-6-13-9/h4,6,8H,3,5H2,1-2H3,(H,11,12,13). The lowest BCUT2D eigenvalue weighted by atomic mass is 10.3. The number of nitrogens with zero attached hydrogens (tertiary/aromatic N) is 2. The molecule has 0 aliphatic rings. The van der Waals surface area contributed by atoms with Gasteiger partial charge in [-0.05, 0) is 13.3 Å². The first kappa shape index (κ1) is 10.3. The van der Waals surface area contributed by atoms with E-state index < -0.39 is 0 Å². The molecule has 1 rings (SSSR count). The van der Waals surface area contributed by atoms with E-state index in [-0.39, 0.29) is 5.38 Å². The summed E-state index contributed by atoms with van der Waals surface area (Å²) in [5, 5.41) is 3.32. The molecule has 0 saturated carbocycles. The first-order chi connectivity index (χ1) is 6.22. The van der Waals surface area contributed by atoms with Crippen LogP contribution in [0.4, 0.5) is 5.82 Å². The van der Waals surface area contributed by atoms with Crippen molar-refractivity contribution >= 4 is 17.4 Å². The minimum atomic E-state index is 0.162. The summed E-state index contributed by atoms with van der Waals surface area (Å²) in [6, 6.07) is 1.90. The molecule has 0 amide bonds. The maximum Gasteiger partial charge on any atom is 0.129 e. The van der Waals surface area contributed by atoms with E-state index in [9.17, 15) is 0 Å². The van der Waals surface area contributed by atoms with Crippen molar-refractivity contribution in [2.75, 3.05) is 11.9 Å². The van der Waals surface area contributed by atoms with Crippen LogP contribution < -0.4 is 5.32 Å². The lowest BCUT2D eigenvalue weighted by Crippen LogP contribution is -2.13. The van der Waals surface area contributed by atoms with Gasteiger partial charge >= 0.3 is 0 Å². The molecule has 0 saturated heterocycles. The van der Waals surface area contributed by atoms with Crippen LogP contribution >= 0.6 is 11.6 Å². The topological polar surface area (TPSA) is 37.8 Å². The SMILES string of the molecule is CCC(Cl)CNc1cc(C)ncn1. The summed E-state index contributed by atoms with van der Waals surface area (Å²) < 4.78 is 0. The normalized spacial score (nSPS) is 12.5. The predicted octanol–water partition coefficient (Wildman–Crippen LogP) is 2.21. The van der Waals surface area contributed by atoms with Gasteiger partial charge in [-0.25, -0.2) is 9.97 Å². The van der Waals surface area contributed by atoms with Crippen LogP contribution in [-0.2, 0) is 0 Å². The van der Waals surface area contributed by atoms with Crippen LogP contribution in [0.5, 0.6) is 0 Å². The number of hydrogen-bond acceptors (Lipinski definition) is 3. The fourth-order valence-corrected chi connectivity index (χ4v) is 0.988. The van der Waals surface area contributed by atoms with E-state index in [0.717, 1.165) is 24.5 Å². The molecule has 1 aromatic rings. The van der Waals surface area contributed by atoms with E-state index in [4.69, 9.17) is 11.6 Å². The lowest BCUT2D eigenvalue weighted by molar-refractivity contribution is 0.839. The van der Waals surface area contributed by atoms with Gasteiger partial charge in [0.05, 0.1) is 5.38 Å². The van der Waals surface area contributed by atoms with Crippen molar-refractivity contribution in [3.8, 4) is 0 Å². The lowest BCUT2D eigenvalue weighted by Gasteiger charge is -2.08. The molecule has 13 heavy (non-hydrogen) atoms. The van der Waals surface area contributed by atoms with Crippen LogP contribution in [-0.4, -0.2) is 21.9 Å². The molecule has 0 aliphatic carbocycles. The van der Waals surface area contributed by atoms with Crippen LogP contribution in [0.3, 0.4) is 0 Å². The molecule has 1 heterocycles. The van der Waals surface area contributed by atoms with Gasteiger partial charge in [-0.15, -0.1) is 11.6 Å². The molecule has 4 heteroatoms. The summed E-state index contributed by atoms with van der Waals surface area (Å²) in [5.41, 5.74) is 0.958. The zero-order chi connectivity index (χ0) is 9.68. The van der Waals surface area contributed by atoms with Crippen molar-refractivity contribution in [2.45, 2.75) is 25.6 Å². The number of rotatable bonds is 4. The van der Waals surface area contributed by atoms with E-state index in [2.05, 4.69) is 22.2 Å². The summed E-state index contributed by atoms with van der Waals surface area (Å²) in [6.07, 6.45) is 2.51. The minimum absolute atomic E-state index is 0.162. The van der Waals surface area contributed by atoms with Crippen LogP contribution in [0.15, 0.2) is 12.4 Å². The average Bonchev–Trinajstić information content (AvgIpc) is 2.14. The Morgan fingerprint density at radius 1 is 1.54 bits per heavy atom. The molecule has 0 bridgehead atoms. The molecule has 0 spiro atoms. The Bertz CT molecular complexity index is 265. The third-order valence-electron chi connectivity index (χ3n) is 1.75. The Balaban J connectivity index is 2.45. The van der Waals surface area contributed by atoms with Gasteiger partial charge < -0.3 is 5.32 Å². The van der Waals surface area contributed by atoms with Crippen molar-refractivity contribution in [3.63, 3.8) is 0 Å². The van der Waals surface area contributed by atoms with Crippen molar-refractivity contribution in [1.29, 1.82) is 0 Å². The van der Waals surface area contributed by atoms with Gasteiger partial charge in [-0.1, -0.05) is 6.92 Å². The number of alkyl halides is 1. The number of anilines is 1. The Morgan fingerprint density at radius 3 is 2.92 bits per heavy atom. The molecular formula is C9H14ClN3. The zero-order valence-electron chi connectivity index (χ0n) is 7.92. The van der Waals surface area contributed by atoms with Crippen LogP contribution in [0, 0.1) is 6.92 Å². The molecule has 1 aromatic heterocycles. The Hall–Kier alpha value is -0.830. The Labute approximate surface area is 83.5 Å². The second-order valence-corrected chi connectivity index (χ2v) is 3.55. The van der Waals surface area contributed by atoms with Crippen molar-refractivity contribution in [2.24, 2.45) is 0 Å². The number of halogens is 1. The average molecular weight is 200 g/mol. The molecule has 1 N–H and O–H groups in total. The van der Waals surface area contributed by atoms with Gasteiger partial charge in [0.1, 0.15) is 12.1 Å². The quantitative estimate of drug-likeness (QED) is 0.756. The van der Waals surface area contributed by atoms with E-state index >= 15 is 0 Å². The zero-order valence-corrected chi connectivity index (χ0v) is 8.67. The molecule has 72 valence electrons. The monoisotopic (exact) mass is 199 g/mol. The highest BCUT2D eigenvalue weighted by molar-refractivity contribution is 6.20. The Morgan fingerprint density at radius 2 is 2.31 bits per heavy atom. The molecule has 1 atom stereocenters. The second-order valence-electron chi connectivity index (χ2n) is 2.93. The molecule has 3 nitrogen and oxygen atoms in total. The maximum atomic E-state index is 5.95. The molecule has 0 radical (unpaired) electrons. The van der Waals surface area contributed by atoms with Crippen LogP contribution in [0.25, 0.3) is 0 Å². The van der Waals surface area contributed by atoms with Gasteiger partial charge in [0.2, 0.25) is 0 Å². The van der Waals surface area contributed by atoms with Gasteiger partial charge in [0.25, 0.3) is 0 Å². The number of aryl methyl sites for hydroxylation is 1. The fourth-order valence-electron chi connectivity index (χ4n) is 0.911. The summed E-state index contributed by atoms with van der Waals surface area (Å²) >= 11 is 5.95. The number of aromatic nitrogens is 2. The molecule has 1 unspecified atom stereocenters. The van der Waals surface area contributed by atoms with Gasteiger partial charge in [-0.3, -0.25) is 0 Å². The summed E-state index contributed by atoms with van der Waals surface area (Å²) in [4.78, 5) is 8.07. The van der Waals surface area contributed by atoms with Crippen LogP contribution in [0.1, 0.15) is 19.0 Å². The predicted molar refractivity (Wildman–Crippen MR) is 55.2 cm³/mol. The van der Waals surface area contributed by atoms with Crippen molar-refractivity contribution < 1.29 is 0 Å². The molecular weight excluding hydrogens is 186 g/mol. The van der Waals surface area contributed by atoms with E-state index in [1.807, 2.05) is 13.0 Å². The van der Waals surface area contributed by atoms with Crippen LogP contribution in [0.2, 0.25) is 0 Å². The summed E-state index contributed by atoms with van der Waals surface area (Å²) in [6.45, 7) is 4.74. The summed E-state index contributed by atoms with van der Waals surface area (Å²) in [7, 11) is 0. The number of hydrogen-bond donors (Lipinski definition) is 1. The van der Waals surface area contributed by atoms with Gasteiger partial charge in [0.15, 0.2) is 0 Å². The second kappa shape index (κ2) is 5.02. The van der Waals surface area contributed by atoms with E-state index in [0.29, 0.717) is 0 Å². The van der Waals surface area contributed by atoms with E-state index in [1.54, 1.807) is 6.33 Å². The first-order valence-corrected chi connectivity index (χ1v) is 4.82. The Kier molecular flexibility index (Phi) is 3.96. The smallest absolute Gasteiger partial charge is 0.129 e. The third-order valence-corrected chi connectivity index (χ3v) is 2.21. The van der Waals surface area contributed by atoms with Crippen molar-refractivity contribution in [3.05, 3.63) is 18.1 Å². The molecule has 0 aliphatic heterocycles. The molecule has 0 aromatic carbocycles. The van der Waals surface area contributed by atoms with Gasteiger partial charge in [0, 0.05) is 18.3 Å². The largest absolute Gasteiger partial charge is 0.368 e. The minimum Gasteiger partial charge on any atom is -0.368 e. The third kappa shape index (κ3) is 3.59. The maximum absolute atomic E-state index is 5.95. The van der Waals surface area contributed by atoms with E-state index in [1.165, 1.54) is 0 Å². The highest BCUT2D eigenvalue weighted by Gasteiger charge is 2.01. The molecule has 0 fully saturated rings. The highest BCUT2D eigenvalue weighted by Crippen LogP contribution is 2.05.